The maximum atomic E-state index is 8.98. The topological polar surface area (TPSA) is 77.3 Å². The summed E-state index contributed by atoms with van der Waals surface area (Å²) in [6.07, 6.45) is 1.63. The zero-order valence-corrected chi connectivity index (χ0v) is 13.3. The van der Waals surface area contributed by atoms with Crippen molar-refractivity contribution < 1.29 is 14.2 Å². The van der Waals surface area contributed by atoms with E-state index in [1.54, 1.807) is 19.4 Å². The van der Waals surface area contributed by atoms with Gasteiger partial charge in [0, 0.05) is 5.75 Å². The molecular weight excluding hydrogens is 302 g/mol. The number of nitrogens with zero attached hydrogens (tertiary/aromatic N) is 3. The minimum Gasteiger partial charge on any atom is -0.495 e. The van der Waals surface area contributed by atoms with Crippen molar-refractivity contribution >= 4 is 11.8 Å². The molecule has 1 aromatic carbocycles. The zero-order chi connectivity index (χ0) is 15.9. The molecule has 0 aliphatic carbocycles. The van der Waals surface area contributed by atoms with Gasteiger partial charge in [0.15, 0.2) is 0 Å². The number of methoxy groups -OCH3 is 3. The maximum Gasteiger partial charge on any atom is 0.278 e. The molecule has 1 heterocycles. The van der Waals surface area contributed by atoms with Crippen molar-refractivity contribution in [3.05, 3.63) is 35.5 Å². The van der Waals surface area contributed by atoms with Crippen LogP contribution in [-0.2, 0) is 5.75 Å². The second kappa shape index (κ2) is 7.52. The third kappa shape index (κ3) is 3.59. The van der Waals surface area contributed by atoms with Crippen molar-refractivity contribution in [1.29, 1.82) is 5.26 Å². The molecule has 2 rings (SSSR count). The highest BCUT2D eigenvalue weighted by atomic mass is 32.2. The number of benzene rings is 1. The fraction of sp³-hybridized carbons (Fsp3) is 0.267. The minimum absolute atomic E-state index is 0.352. The molecule has 0 bridgehead atoms. The Hall–Kier alpha value is -2.46. The van der Waals surface area contributed by atoms with Gasteiger partial charge in [0.1, 0.15) is 16.8 Å². The Bertz CT molecular complexity index is 701. The minimum atomic E-state index is 0.352. The Morgan fingerprint density at radius 3 is 2.55 bits per heavy atom. The predicted molar refractivity (Wildman–Crippen MR) is 82.4 cm³/mol. The number of aromatic nitrogens is 2. The van der Waals surface area contributed by atoms with E-state index in [0.29, 0.717) is 28.8 Å². The molecule has 0 amide bonds. The lowest BCUT2D eigenvalue weighted by atomic mass is 10.1. The highest BCUT2D eigenvalue weighted by Gasteiger charge is 2.09. The molecule has 0 fully saturated rings. The van der Waals surface area contributed by atoms with E-state index in [9.17, 15) is 0 Å². The van der Waals surface area contributed by atoms with E-state index in [1.807, 2.05) is 12.1 Å². The Morgan fingerprint density at radius 2 is 1.91 bits per heavy atom. The average molecular weight is 317 g/mol. The summed E-state index contributed by atoms with van der Waals surface area (Å²) in [6.45, 7) is 0. The molecule has 0 aliphatic rings. The average Bonchev–Trinajstić information content (AvgIpc) is 2.59. The van der Waals surface area contributed by atoms with Gasteiger partial charge in [-0.2, -0.15) is 5.26 Å². The number of nitriles is 1. The lowest BCUT2D eigenvalue weighted by Gasteiger charge is -2.08. The van der Waals surface area contributed by atoms with Crippen molar-refractivity contribution in [3.63, 3.8) is 0 Å². The van der Waals surface area contributed by atoms with Crippen LogP contribution in [0.3, 0.4) is 0 Å². The molecule has 114 valence electrons. The van der Waals surface area contributed by atoms with Crippen LogP contribution in [0, 0.1) is 11.3 Å². The van der Waals surface area contributed by atoms with Crippen LogP contribution in [0.25, 0.3) is 0 Å². The Balaban J connectivity index is 2.12. The van der Waals surface area contributed by atoms with E-state index < -0.39 is 0 Å². The molecule has 0 atom stereocenters. The highest BCUT2D eigenvalue weighted by molar-refractivity contribution is 7.98. The number of ether oxygens (including phenoxy) is 3. The second-order valence-corrected chi connectivity index (χ2v) is 5.16. The lowest BCUT2D eigenvalue weighted by Crippen LogP contribution is -1.97. The molecule has 0 spiro atoms. The van der Waals surface area contributed by atoms with Crippen LogP contribution in [0.15, 0.2) is 29.4 Å². The summed E-state index contributed by atoms with van der Waals surface area (Å²) in [4.78, 5) is 8.47. The lowest BCUT2D eigenvalue weighted by molar-refractivity contribution is 0.328. The summed E-state index contributed by atoms with van der Waals surface area (Å²) in [5.74, 6) is 1.95. The first-order valence-corrected chi connectivity index (χ1v) is 7.35. The van der Waals surface area contributed by atoms with E-state index in [0.717, 1.165) is 10.6 Å². The second-order valence-electron chi connectivity index (χ2n) is 4.16. The summed E-state index contributed by atoms with van der Waals surface area (Å²) >= 11 is 1.51. The van der Waals surface area contributed by atoms with Crippen LogP contribution in [0.2, 0.25) is 0 Å². The zero-order valence-electron chi connectivity index (χ0n) is 12.5. The molecule has 0 saturated carbocycles. The molecular formula is C15H15N3O3S. The number of hydrogen-bond donors (Lipinski definition) is 0. The SMILES string of the molecule is COc1cc(CSc2cnc(OC)c(OC)n2)ccc1C#N. The van der Waals surface area contributed by atoms with Crippen molar-refractivity contribution in [2.24, 2.45) is 0 Å². The smallest absolute Gasteiger partial charge is 0.278 e. The van der Waals surface area contributed by atoms with E-state index in [4.69, 9.17) is 19.5 Å². The quantitative estimate of drug-likeness (QED) is 0.758. The Morgan fingerprint density at radius 1 is 1.14 bits per heavy atom. The van der Waals surface area contributed by atoms with E-state index in [2.05, 4.69) is 16.0 Å². The van der Waals surface area contributed by atoms with Crippen molar-refractivity contribution in [3.8, 4) is 23.6 Å². The predicted octanol–water partition coefficient (Wildman–Crippen LogP) is 2.67. The van der Waals surface area contributed by atoms with Crippen LogP contribution in [0.4, 0.5) is 0 Å². The molecule has 0 unspecified atom stereocenters. The van der Waals surface area contributed by atoms with Gasteiger partial charge in [0.05, 0.1) is 33.1 Å². The molecule has 0 N–H and O–H groups in total. The summed E-state index contributed by atoms with van der Waals surface area (Å²) in [5, 5.41) is 9.70. The van der Waals surface area contributed by atoms with Crippen molar-refractivity contribution in [1.82, 2.24) is 9.97 Å². The van der Waals surface area contributed by atoms with Gasteiger partial charge in [-0.1, -0.05) is 17.8 Å². The van der Waals surface area contributed by atoms with Gasteiger partial charge in [-0.05, 0) is 17.7 Å². The first-order chi connectivity index (χ1) is 10.7. The van der Waals surface area contributed by atoms with E-state index >= 15 is 0 Å². The van der Waals surface area contributed by atoms with Gasteiger partial charge >= 0.3 is 0 Å². The molecule has 2 aromatic rings. The molecule has 1 aromatic heterocycles. The molecule has 0 aliphatic heterocycles. The molecule has 0 radical (unpaired) electrons. The molecule has 0 saturated heterocycles. The van der Waals surface area contributed by atoms with Gasteiger partial charge in [-0.25, -0.2) is 9.97 Å². The number of thioether (sulfide) groups is 1. The summed E-state index contributed by atoms with van der Waals surface area (Å²) in [6, 6.07) is 7.57. The van der Waals surface area contributed by atoms with Crippen LogP contribution in [0.5, 0.6) is 17.5 Å². The number of hydrogen-bond acceptors (Lipinski definition) is 7. The van der Waals surface area contributed by atoms with E-state index in [1.165, 1.54) is 26.0 Å². The van der Waals surface area contributed by atoms with E-state index in [-0.39, 0.29) is 0 Å². The monoisotopic (exact) mass is 317 g/mol. The van der Waals surface area contributed by atoms with Crippen LogP contribution in [0.1, 0.15) is 11.1 Å². The van der Waals surface area contributed by atoms with Crippen LogP contribution < -0.4 is 14.2 Å². The van der Waals surface area contributed by atoms with Gasteiger partial charge < -0.3 is 14.2 Å². The Kier molecular flexibility index (Phi) is 5.44. The van der Waals surface area contributed by atoms with Crippen molar-refractivity contribution in [2.75, 3.05) is 21.3 Å². The van der Waals surface area contributed by atoms with Gasteiger partial charge in [0.2, 0.25) is 0 Å². The fourth-order valence-electron chi connectivity index (χ4n) is 1.76. The van der Waals surface area contributed by atoms with Crippen molar-refractivity contribution in [2.45, 2.75) is 10.8 Å². The van der Waals surface area contributed by atoms with Gasteiger partial charge in [-0.15, -0.1) is 0 Å². The summed E-state index contributed by atoms with van der Waals surface area (Å²) in [7, 11) is 4.59. The third-order valence-electron chi connectivity index (χ3n) is 2.85. The standard InChI is InChI=1S/C15H15N3O3S/c1-19-12-6-10(4-5-11(12)7-16)9-22-13-8-17-14(20-2)15(18-13)21-3/h4-6,8H,9H2,1-3H3. The fourth-order valence-corrected chi connectivity index (χ4v) is 2.53. The molecule has 22 heavy (non-hydrogen) atoms. The maximum absolute atomic E-state index is 8.98. The molecule has 6 nitrogen and oxygen atoms in total. The van der Waals surface area contributed by atoms with Gasteiger partial charge in [0.25, 0.3) is 11.8 Å². The van der Waals surface area contributed by atoms with Crippen LogP contribution >= 0.6 is 11.8 Å². The highest BCUT2D eigenvalue weighted by Crippen LogP contribution is 2.28. The molecule has 7 heteroatoms. The Labute approximate surface area is 133 Å². The van der Waals surface area contributed by atoms with Crippen LogP contribution in [-0.4, -0.2) is 31.3 Å². The number of rotatable bonds is 6. The summed E-state index contributed by atoms with van der Waals surface area (Å²) in [5.41, 5.74) is 1.54. The first kappa shape index (κ1) is 15.9. The van der Waals surface area contributed by atoms with Gasteiger partial charge in [-0.3, -0.25) is 0 Å². The first-order valence-electron chi connectivity index (χ1n) is 6.36. The normalized spacial score (nSPS) is 9.91. The summed E-state index contributed by atoms with van der Waals surface area (Å²) < 4.78 is 15.4. The largest absolute Gasteiger partial charge is 0.495 e. The third-order valence-corrected chi connectivity index (χ3v) is 3.82.